The minimum atomic E-state index is -1.50. The Labute approximate surface area is 542 Å². The number of aliphatic carboxylic acids is 2. The summed E-state index contributed by atoms with van der Waals surface area (Å²) in [6, 6.07) is 14.1. The summed E-state index contributed by atoms with van der Waals surface area (Å²) in [5.41, 5.74) is -0.279. The van der Waals surface area contributed by atoms with E-state index < -0.39 is 143 Å². The fourth-order valence-corrected chi connectivity index (χ4v) is 8.46. The third-order valence-electron chi connectivity index (χ3n) is 11.4. The number of carboxylic acid groups (broad SMARTS) is 2. The number of hydrogen-bond donors (Lipinski definition) is 4. The van der Waals surface area contributed by atoms with Gasteiger partial charge in [-0.25, -0.2) is 14.4 Å². The third kappa shape index (κ3) is 34.6. The predicted octanol–water partition coefficient (Wildman–Crippen LogP) is 4.72. The lowest BCUT2D eigenvalue weighted by Gasteiger charge is -2.26. The van der Waals surface area contributed by atoms with Gasteiger partial charge in [-0.3, -0.25) is 62.6 Å². The molecule has 0 saturated carbocycles. The second kappa shape index (κ2) is 34.9. The first-order valence-electron chi connectivity index (χ1n) is 29.8. The lowest BCUT2D eigenvalue weighted by atomic mass is 9.98. The summed E-state index contributed by atoms with van der Waals surface area (Å²) in [7, 11) is 0. The number of fused-ring (bicyclic) bond motifs is 3. The first kappa shape index (κ1) is 80.5. The van der Waals surface area contributed by atoms with Crippen molar-refractivity contribution in [3.63, 3.8) is 0 Å². The van der Waals surface area contributed by atoms with Gasteiger partial charge in [0.2, 0.25) is 5.91 Å². The number of carbonyl (C=O) groups excluding carboxylic acids is 11. The van der Waals surface area contributed by atoms with Gasteiger partial charge in [0.15, 0.2) is 0 Å². The van der Waals surface area contributed by atoms with Crippen LogP contribution in [0.3, 0.4) is 0 Å². The van der Waals surface area contributed by atoms with E-state index in [0.29, 0.717) is 5.06 Å². The Balaban J connectivity index is 0.000000516. The number of imide groups is 1. The van der Waals surface area contributed by atoms with E-state index in [-0.39, 0.29) is 64.6 Å². The minimum absolute atomic E-state index is 0.0111. The molecule has 1 atom stereocenters. The Morgan fingerprint density at radius 3 is 1.08 bits per heavy atom. The molecular formula is C64H94N6O23. The molecule has 29 heteroatoms. The van der Waals surface area contributed by atoms with Crippen molar-refractivity contribution >= 4 is 77.5 Å². The number of carbonyl (C=O) groups is 13. The number of benzene rings is 2. The van der Waals surface area contributed by atoms with Crippen LogP contribution in [0, 0.1) is 0 Å². The quantitative estimate of drug-likeness (QED) is 0.0593. The van der Waals surface area contributed by atoms with Crippen LogP contribution in [-0.4, -0.2) is 219 Å². The van der Waals surface area contributed by atoms with E-state index in [1.807, 2.05) is 48.5 Å². The van der Waals surface area contributed by atoms with Crippen LogP contribution in [0.5, 0.6) is 0 Å². The molecule has 4 N–H and O–H groups in total. The molecule has 4 rings (SSSR count). The van der Waals surface area contributed by atoms with Crippen molar-refractivity contribution < 1.29 is 111 Å². The molecule has 0 aromatic heterocycles. The van der Waals surface area contributed by atoms with Gasteiger partial charge in [-0.05, 0) is 147 Å². The molecule has 518 valence electrons. The highest BCUT2D eigenvalue weighted by Gasteiger charge is 2.35. The number of hydroxylamine groups is 2. The van der Waals surface area contributed by atoms with Crippen LogP contribution >= 0.6 is 0 Å². The van der Waals surface area contributed by atoms with E-state index >= 15 is 0 Å². The first-order valence-corrected chi connectivity index (χ1v) is 29.8. The molecule has 29 nitrogen and oxygen atoms in total. The highest BCUT2D eigenvalue weighted by Crippen LogP contribution is 2.44. The summed E-state index contributed by atoms with van der Waals surface area (Å²) in [6.07, 6.45) is -1.03. The topological polar surface area (TPSA) is 373 Å². The Kier molecular flexibility index (Phi) is 30.2. The number of alkyl carbamates (subject to hydrolysis) is 1. The molecule has 4 amide bonds. The molecule has 1 aliphatic heterocycles. The number of rotatable bonds is 25. The maximum Gasteiger partial charge on any atom is 0.407 e. The number of carboxylic acids is 2. The van der Waals surface area contributed by atoms with Gasteiger partial charge >= 0.3 is 59.8 Å². The monoisotopic (exact) mass is 1310 g/mol. The fraction of sp³-hybridized carbons (Fsp3) is 0.609. The number of ether oxygens (including phenoxy) is 7. The van der Waals surface area contributed by atoms with Crippen molar-refractivity contribution in [3.8, 4) is 11.1 Å². The van der Waals surface area contributed by atoms with E-state index in [4.69, 9.17) is 43.1 Å². The Morgan fingerprint density at radius 2 is 0.763 bits per heavy atom. The summed E-state index contributed by atoms with van der Waals surface area (Å²) >= 11 is 0. The Morgan fingerprint density at radius 1 is 0.462 bits per heavy atom. The van der Waals surface area contributed by atoms with Crippen LogP contribution in [0.15, 0.2) is 48.5 Å². The van der Waals surface area contributed by atoms with Gasteiger partial charge in [0.1, 0.15) is 52.8 Å². The molecule has 1 fully saturated rings. The SMILES string of the molecule is CC(C)(C)OC(=O)CN(CC(=O)NC[C@H](NC(=O)OCC1c2ccccc2-c2ccccc21)C(=O)O)CC(=O)OC(C)(C)C.CC(C)(C)OC(=O)CN(CC(=O)O)CC(=O)OC(C)(C)C.CC(C)(C)OC(=O)CN(CC(=O)ON1C(=O)CCC1=O)CC(=O)OC(C)(C)C. The van der Waals surface area contributed by atoms with Crippen molar-refractivity contribution in [2.24, 2.45) is 0 Å². The van der Waals surface area contributed by atoms with E-state index in [1.54, 1.807) is 125 Å². The average Bonchev–Trinajstić information content (AvgIpc) is 1.62. The summed E-state index contributed by atoms with van der Waals surface area (Å²) in [5, 5.41) is 23.6. The summed E-state index contributed by atoms with van der Waals surface area (Å²) in [5.74, 6) is -9.43. The minimum Gasteiger partial charge on any atom is -0.480 e. The van der Waals surface area contributed by atoms with E-state index in [0.717, 1.165) is 27.2 Å². The van der Waals surface area contributed by atoms with E-state index in [2.05, 4.69) is 10.6 Å². The van der Waals surface area contributed by atoms with Crippen molar-refractivity contribution in [1.29, 1.82) is 0 Å². The summed E-state index contributed by atoms with van der Waals surface area (Å²) in [6.45, 7) is 26.5. The molecule has 1 aliphatic carbocycles. The zero-order valence-electron chi connectivity index (χ0n) is 56.7. The van der Waals surface area contributed by atoms with Crippen LogP contribution in [0.25, 0.3) is 11.1 Å². The van der Waals surface area contributed by atoms with Gasteiger partial charge in [-0.15, -0.1) is 5.06 Å². The summed E-state index contributed by atoms with van der Waals surface area (Å²) < 4.78 is 36.6. The van der Waals surface area contributed by atoms with Crippen molar-refractivity contribution in [3.05, 3.63) is 59.7 Å². The molecule has 2 aromatic carbocycles. The number of amides is 4. The van der Waals surface area contributed by atoms with Crippen molar-refractivity contribution in [1.82, 2.24) is 30.4 Å². The van der Waals surface area contributed by atoms with Crippen LogP contribution in [0.1, 0.15) is 155 Å². The van der Waals surface area contributed by atoms with Gasteiger partial charge in [-0.1, -0.05) is 48.5 Å². The maximum absolute atomic E-state index is 12.7. The van der Waals surface area contributed by atoms with E-state index in [9.17, 15) is 67.4 Å². The third-order valence-corrected chi connectivity index (χ3v) is 11.4. The predicted molar refractivity (Wildman–Crippen MR) is 332 cm³/mol. The maximum atomic E-state index is 12.7. The summed E-state index contributed by atoms with van der Waals surface area (Å²) in [4.78, 5) is 164. The molecular weight excluding hydrogens is 1220 g/mol. The fourth-order valence-electron chi connectivity index (χ4n) is 8.46. The van der Waals surface area contributed by atoms with Crippen LogP contribution in [-0.2, 0) is 95.5 Å². The molecule has 0 radical (unpaired) electrons. The highest BCUT2D eigenvalue weighted by atomic mass is 16.7. The van der Waals surface area contributed by atoms with Gasteiger partial charge in [0, 0.05) is 25.3 Å². The second-order valence-electron chi connectivity index (χ2n) is 27.6. The zero-order chi connectivity index (χ0) is 71.2. The van der Waals surface area contributed by atoms with Crippen LogP contribution in [0.4, 0.5) is 4.79 Å². The highest BCUT2D eigenvalue weighted by molar-refractivity contribution is 6.01. The molecule has 2 aliphatic rings. The Hall–Kier alpha value is -8.57. The second-order valence-corrected chi connectivity index (χ2v) is 27.6. The van der Waals surface area contributed by atoms with Crippen molar-refractivity contribution in [2.45, 2.75) is 183 Å². The molecule has 0 unspecified atom stereocenters. The van der Waals surface area contributed by atoms with Crippen LogP contribution < -0.4 is 10.6 Å². The Bertz CT molecular complexity index is 2840. The van der Waals surface area contributed by atoms with Gasteiger partial charge in [0.25, 0.3) is 11.8 Å². The lowest BCUT2D eigenvalue weighted by molar-refractivity contribution is -0.198. The molecule has 1 heterocycles. The van der Waals surface area contributed by atoms with Crippen molar-refractivity contribution in [2.75, 3.05) is 72.1 Å². The average molecular weight is 1320 g/mol. The largest absolute Gasteiger partial charge is 0.480 e. The first-order chi connectivity index (χ1) is 42.5. The molecule has 2 aromatic rings. The normalized spacial score (nSPS) is 13.6. The van der Waals surface area contributed by atoms with Crippen LogP contribution in [0.2, 0.25) is 0 Å². The van der Waals surface area contributed by atoms with Gasteiger partial charge in [-0.2, -0.15) is 0 Å². The lowest BCUT2D eigenvalue weighted by Crippen LogP contribution is -2.51. The molecule has 0 spiro atoms. The van der Waals surface area contributed by atoms with Gasteiger partial charge in [0.05, 0.1) is 52.4 Å². The number of esters is 6. The number of hydrogen-bond acceptors (Lipinski definition) is 24. The smallest absolute Gasteiger partial charge is 0.407 e. The number of nitrogens with zero attached hydrogens (tertiary/aromatic N) is 4. The molecule has 1 saturated heterocycles. The molecule has 0 bridgehead atoms. The van der Waals surface area contributed by atoms with E-state index in [1.165, 1.54) is 9.80 Å². The number of nitrogens with one attached hydrogen (secondary N) is 2. The zero-order valence-corrected chi connectivity index (χ0v) is 56.7. The standard InChI is InChI=1S/C32H41N3O9.C18H28N2O8.C14H25NO6/c1-31(2,3)43-27(37)17-35(18-28(38)44-32(4,5)6)16-26(36)33-15-25(29(39)40)34-30(41)42-19-24-22-13-9-7-11-20(22)21-12-8-10-14-23(21)24;1-17(2,3)26-14(23)9-19(10-15(24)27-18(4,5)6)11-16(25)28-20-12(21)7-8-13(20)22;1-13(2,3)20-11(18)8-15(7-10(16)17)9-12(19)21-14(4,5)6/h7-14,24-25H,15-19H2,1-6H3,(H,33,36)(H,34,41)(H,39,40);7-11H2,1-6H3;7-9H2,1-6H3,(H,16,17)/t25-;;/m0../s1. The molecule has 93 heavy (non-hydrogen) atoms. The van der Waals surface area contributed by atoms with Gasteiger partial charge < -0.3 is 58.8 Å².